The Morgan fingerprint density at radius 3 is 2.53 bits per heavy atom. The SMILES string of the molecule is C/C(=C\Cc1cccc(Cl)c1)c1ccccc1. The van der Waals surface area contributed by atoms with E-state index in [0.29, 0.717) is 0 Å². The predicted octanol–water partition coefficient (Wildman–Crippen LogP) is 4.99. The van der Waals surface area contributed by atoms with Crippen molar-refractivity contribution in [3.8, 4) is 0 Å². The Bertz CT molecular complexity index is 512. The van der Waals surface area contributed by atoms with Crippen molar-refractivity contribution >= 4 is 17.2 Å². The molecule has 0 saturated heterocycles. The van der Waals surface area contributed by atoms with Crippen LogP contribution in [0.1, 0.15) is 18.1 Å². The van der Waals surface area contributed by atoms with Gasteiger partial charge in [0.1, 0.15) is 0 Å². The van der Waals surface area contributed by atoms with Crippen molar-refractivity contribution in [3.63, 3.8) is 0 Å². The fraction of sp³-hybridized carbons (Fsp3) is 0.125. The lowest BCUT2D eigenvalue weighted by atomic mass is 10.0. The van der Waals surface area contributed by atoms with Crippen molar-refractivity contribution < 1.29 is 0 Å². The molecular weight excluding hydrogens is 228 g/mol. The summed E-state index contributed by atoms with van der Waals surface area (Å²) in [6.45, 7) is 2.14. The molecule has 2 aromatic carbocycles. The minimum atomic E-state index is 0.799. The third kappa shape index (κ3) is 3.47. The van der Waals surface area contributed by atoms with Gasteiger partial charge in [0.15, 0.2) is 0 Å². The monoisotopic (exact) mass is 242 g/mol. The van der Waals surface area contributed by atoms with E-state index >= 15 is 0 Å². The Balaban J connectivity index is 2.11. The molecule has 0 fully saturated rings. The number of hydrogen-bond donors (Lipinski definition) is 0. The lowest BCUT2D eigenvalue weighted by Crippen LogP contribution is -1.83. The Kier molecular flexibility index (Phi) is 4.00. The largest absolute Gasteiger partial charge is 0.0843 e. The molecule has 0 aromatic heterocycles. The average Bonchev–Trinajstić information content (AvgIpc) is 2.37. The summed E-state index contributed by atoms with van der Waals surface area (Å²) in [4.78, 5) is 0. The summed E-state index contributed by atoms with van der Waals surface area (Å²) in [5.74, 6) is 0. The molecule has 17 heavy (non-hydrogen) atoms. The number of benzene rings is 2. The molecule has 86 valence electrons. The van der Waals surface area contributed by atoms with E-state index in [1.807, 2.05) is 24.3 Å². The second-order valence-corrected chi connectivity index (χ2v) is 4.52. The second-order valence-electron chi connectivity index (χ2n) is 4.09. The normalized spacial score (nSPS) is 11.5. The molecule has 0 aliphatic carbocycles. The average molecular weight is 243 g/mol. The zero-order chi connectivity index (χ0) is 12.1. The van der Waals surface area contributed by atoms with Crippen molar-refractivity contribution in [2.24, 2.45) is 0 Å². The van der Waals surface area contributed by atoms with Gasteiger partial charge in [-0.1, -0.05) is 60.1 Å². The van der Waals surface area contributed by atoms with Gasteiger partial charge in [0.25, 0.3) is 0 Å². The zero-order valence-electron chi connectivity index (χ0n) is 9.86. The van der Waals surface area contributed by atoms with Crippen molar-refractivity contribution in [1.82, 2.24) is 0 Å². The van der Waals surface area contributed by atoms with Crippen LogP contribution in [0, 0.1) is 0 Å². The molecule has 0 aliphatic heterocycles. The molecule has 0 unspecified atom stereocenters. The quantitative estimate of drug-likeness (QED) is 0.712. The van der Waals surface area contributed by atoms with E-state index in [1.54, 1.807) is 0 Å². The van der Waals surface area contributed by atoms with Gasteiger partial charge >= 0.3 is 0 Å². The Labute approximate surface area is 108 Å². The summed E-state index contributed by atoms with van der Waals surface area (Å²) in [5, 5.41) is 0.799. The summed E-state index contributed by atoms with van der Waals surface area (Å²) in [6, 6.07) is 18.4. The number of rotatable bonds is 3. The fourth-order valence-electron chi connectivity index (χ4n) is 1.75. The smallest absolute Gasteiger partial charge is 0.0408 e. The van der Waals surface area contributed by atoms with Gasteiger partial charge in [-0.3, -0.25) is 0 Å². The van der Waals surface area contributed by atoms with Gasteiger partial charge in [-0.05, 0) is 42.2 Å². The van der Waals surface area contributed by atoms with Crippen molar-refractivity contribution in [2.75, 3.05) is 0 Å². The van der Waals surface area contributed by atoms with E-state index in [1.165, 1.54) is 16.7 Å². The van der Waals surface area contributed by atoms with Crippen molar-refractivity contribution in [1.29, 1.82) is 0 Å². The molecule has 0 amide bonds. The zero-order valence-corrected chi connectivity index (χ0v) is 10.6. The highest BCUT2D eigenvalue weighted by molar-refractivity contribution is 6.30. The van der Waals surface area contributed by atoms with E-state index in [0.717, 1.165) is 11.4 Å². The highest BCUT2D eigenvalue weighted by Crippen LogP contribution is 2.16. The number of halogens is 1. The maximum atomic E-state index is 5.96. The first kappa shape index (κ1) is 11.9. The summed E-state index contributed by atoms with van der Waals surface area (Å²) >= 11 is 5.96. The van der Waals surface area contributed by atoms with E-state index in [2.05, 4.69) is 43.3 Å². The first-order valence-corrected chi connectivity index (χ1v) is 6.10. The van der Waals surface area contributed by atoms with Gasteiger partial charge in [-0.25, -0.2) is 0 Å². The minimum absolute atomic E-state index is 0.799. The molecule has 0 nitrogen and oxygen atoms in total. The number of allylic oxidation sites excluding steroid dienone is 2. The molecule has 0 saturated carbocycles. The molecule has 0 radical (unpaired) electrons. The molecule has 0 spiro atoms. The van der Waals surface area contributed by atoms with Crippen LogP contribution in [0.4, 0.5) is 0 Å². The van der Waals surface area contributed by atoms with Gasteiger partial charge in [0.2, 0.25) is 0 Å². The van der Waals surface area contributed by atoms with Crippen LogP contribution >= 0.6 is 11.6 Å². The number of hydrogen-bond acceptors (Lipinski definition) is 0. The Hall–Kier alpha value is -1.53. The Morgan fingerprint density at radius 2 is 1.82 bits per heavy atom. The van der Waals surface area contributed by atoms with Gasteiger partial charge in [0, 0.05) is 5.02 Å². The highest BCUT2D eigenvalue weighted by atomic mass is 35.5. The molecular formula is C16H15Cl. The summed E-state index contributed by atoms with van der Waals surface area (Å²) in [7, 11) is 0. The van der Waals surface area contributed by atoms with Crippen LogP contribution in [0.2, 0.25) is 5.02 Å². The molecule has 0 atom stereocenters. The van der Waals surface area contributed by atoms with Crippen LogP contribution < -0.4 is 0 Å². The van der Waals surface area contributed by atoms with E-state index < -0.39 is 0 Å². The van der Waals surface area contributed by atoms with Crippen LogP contribution in [0.5, 0.6) is 0 Å². The molecule has 0 aliphatic rings. The van der Waals surface area contributed by atoms with E-state index in [-0.39, 0.29) is 0 Å². The van der Waals surface area contributed by atoms with Gasteiger partial charge < -0.3 is 0 Å². The van der Waals surface area contributed by atoms with Crippen molar-refractivity contribution in [3.05, 3.63) is 76.8 Å². The van der Waals surface area contributed by atoms with E-state index in [4.69, 9.17) is 11.6 Å². The van der Waals surface area contributed by atoms with Crippen LogP contribution in [-0.4, -0.2) is 0 Å². The van der Waals surface area contributed by atoms with E-state index in [9.17, 15) is 0 Å². The highest BCUT2D eigenvalue weighted by Gasteiger charge is 1.95. The lowest BCUT2D eigenvalue weighted by Gasteiger charge is -2.02. The lowest BCUT2D eigenvalue weighted by molar-refractivity contribution is 1.27. The first-order valence-electron chi connectivity index (χ1n) is 5.72. The third-order valence-corrected chi connectivity index (χ3v) is 3.00. The third-order valence-electron chi connectivity index (χ3n) is 2.76. The van der Waals surface area contributed by atoms with Gasteiger partial charge in [-0.15, -0.1) is 0 Å². The van der Waals surface area contributed by atoms with Crippen LogP contribution in [-0.2, 0) is 6.42 Å². The van der Waals surface area contributed by atoms with Crippen LogP contribution in [0.15, 0.2) is 60.7 Å². The van der Waals surface area contributed by atoms with Crippen LogP contribution in [0.25, 0.3) is 5.57 Å². The molecule has 0 N–H and O–H groups in total. The summed E-state index contributed by atoms with van der Waals surface area (Å²) in [5.41, 5.74) is 3.81. The maximum absolute atomic E-state index is 5.96. The molecule has 1 heteroatoms. The first-order chi connectivity index (χ1) is 8.25. The van der Waals surface area contributed by atoms with Crippen LogP contribution in [0.3, 0.4) is 0 Å². The molecule has 2 aromatic rings. The van der Waals surface area contributed by atoms with Crippen molar-refractivity contribution in [2.45, 2.75) is 13.3 Å². The predicted molar refractivity (Wildman–Crippen MR) is 75.2 cm³/mol. The Morgan fingerprint density at radius 1 is 1.06 bits per heavy atom. The fourth-order valence-corrected chi connectivity index (χ4v) is 1.97. The van der Waals surface area contributed by atoms with Gasteiger partial charge in [0.05, 0.1) is 0 Å². The van der Waals surface area contributed by atoms with Gasteiger partial charge in [-0.2, -0.15) is 0 Å². The molecule has 0 heterocycles. The second kappa shape index (κ2) is 5.70. The topological polar surface area (TPSA) is 0 Å². The summed E-state index contributed by atoms with van der Waals surface area (Å²) < 4.78 is 0. The molecule has 2 rings (SSSR count). The standard InChI is InChI=1S/C16H15Cl/c1-13(15-7-3-2-4-8-15)10-11-14-6-5-9-16(17)12-14/h2-10,12H,11H2,1H3/b13-10+. The maximum Gasteiger partial charge on any atom is 0.0408 e. The minimum Gasteiger partial charge on any atom is -0.0843 e. The molecule has 0 bridgehead atoms. The summed E-state index contributed by atoms with van der Waals surface area (Å²) in [6.07, 6.45) is 3.16.